The minimum Gasteiger partial charge on any atom is -0.406 e. The number of benzene rings is 3. The minimum absolute atomic E-state index is 0.183. The Bertz CT molecular complexity index is 1580. The molecule has 1 aliphatic rings. The van der Waals surface area contributed by atoms with Crippen molar-refractivity contribution in [1.82, 2.24) is 20.1 Å². The maximum absolute atomic E-state index is 12.7. The summed E-state index contributed by atoms with van der Waals surface area (Å²) in [4.78, 5) is 23.5. The van der Waals surface area contributed by atoms with E-state index in [0.29, 0.717) is 18.1 Å². The lowest BCUT2D eigenvalue weighted by molar-refractivity contribution is -0.274. The molecule has 1 unspecified atom stereocenters. The number of aliphatic imine (C=N–C) groups is 1. The van der Waals surface area contributed by atoms with Crippen LogP contribution < -0.4 is 15.0 Å². The second-order valence-corrected chi connectivity index (χ2v) is 11.4. The summed E-state index contributed by atoms with van der Waals surface area (Å²) in [5, 5.41) is 8.12. The number of alkyl halides is 3. The van der Waals surface area contributed by atoms with Gasteiger partial charge in [0.2, 0.25) is 0 Å². The second kappa shape index (κ2) is 12.9. The summed E-state index contributed by atoms with van der Waals surface area (Å²) >= 11 is 1.59. The Balaban J connectivity index is 1.14. The highest BCUT2D eigenvalue weighted by molar-refractivity contribution is 8.14. The number of hydrogen-bond acceptors (Lipinski definition) is 5. The third-order valence-corrected chi connectivity index (χ3v) is 7.86. The number of nitrogens with zero attached hydrogens (tertiary/aromatic N) is 5. The van der Waals surface area contributed by atoms with Gasteiger partial charge in [0.05, 0.1) is 5.69 Å². The molecule has 1 atom stereocenters. The van der Waals surface area contributed by atoms with E-state index in [1.54, 1.807) is 11.8 Å². The van der Waals surface area contributed by atoms with Gasteiger partial charge in [-0.1, -0.05) is 61.2 Å². The van der Waals surface area contributed by atoms with Gasteiger partial charge in [-0.05, 0) is 67.1 Å². The van der Waals surface area contributed by atoms with Crippen molar-refractivity contribution in [3.63, 3.8) is 0 Å². The first kappa shape index (κ1) is 30.1. The zero-order valence-electron chi connectivity index (χ0n) is 23.9. The molecule has 1 aromatic heterocycles. The van der Waals surface area contributed by atoms with Crippen LogP contribution in [0.2, 0.25) is 0 Å². The number of carbonyl (C=O) groups is 1. The Morgan fingerprint density at radius 3 is 2.44 bits per heavy atom. The van der Waals surface area contributed by atoms with Crippen LogP contribution in [0.25, 0.3) is 17.1 Å². The van der Waals surface area contributed by atoms with Gasteiger partial charge in [-0.25, -0.2) is 14.5 Å². The summed E-state index contributed by atoms with van der Waals surface area (Å²) in [5.41, 5.74) is 5.89. The van der Waals surface area contributed by atoms with Gasteiger partial charge in [-0.3, -0.25) is 0 Å². The third kappa shape index (κ3) is 7.75. The summed E-state index contributed by atoms with van der Waals surface area (Å²) < 4.78 is 42.6. The molecule has 0 bridgehead atoms. The van der Waals surface area contributed by atoms with Crippen molar-refractivity contribution in [3.05, 3.63) is 89.7 Å². The summed E-state index contributed by atoms with van der Waals surface area (Å²) in [7, 11) is 0. The molecule has 8 nitrogen and oxygen atoms in total. The van der Waals surface area contributed by atoms with E-state index < -0.39 is 6.36 Å². The standard InChI is InChI=1S/C31H31F3N6O2S/c1-20(18-35-29(41)37-30-39(15-16-43-30)27-21(2)5-4-6-22(27)3)17-23-7-9-24(10-8-23)28-36-19-40(38-28)25-11-13-26(14-12-25)42-31(32,33)34/h4-14,19-20H,15-18H2,1-3H3,(H,35,41). The largest absolute Gasteiger partial charge is 0.573 e. The molecule has 0 aliphatic carbocycles. The van der Waals surface area contributed by atoms with Crippen molar-refractivity contribution in [3.8, 4) is 22.8 Å². The maximum atomic E-state index is 12.7. The van der Waals surface area contributed by atoms with E-state index in [-0.39, 0.29) is 17.7 Å². The number of amides is 2. The highest BCUT2D eigenvalue weighted by Gasteiger charge is 2.31. The van der Waals surface area contributed by atoms with E-state index in [0.717, 1.165) is 51.8 Å². The predicted molar refractivity (Wildman–Crippen MR) is 163 cm³/mol. The summed E-state index contributed by atoms with van der Waals surface area (Å²) in [5.74, 6) is 1.25. The van der Waals surface area contributed by atoms with Crippen LogP contribution in [0.3, 0.4) is 0 Å². The van der Waals surface area contributed by atoms with Crippen LogP contribution in [0, 0.1) is 19.8 Å². The lowest BCUT2D eigenvalue weighted by Gasteiger charge is -2.22. The number of rotatable bonds is 8. The fourth-order valence-electron chi connectivity index (χ4n) is 4.91. The van der Waals surface area contributed by atoms with Gasteiger partial charge in [0.25, 0.3) is 0 Å². The van der Waals surface area contributed by atoms with Crippen molar-refractivity contribution in [2.75, 3.05) is 23.7 Å². The molecule has 2 heterocycles. The summed E-state index contributed by atoms with van der Waals surface area (Å²) in [6.07, 6.45) is -2.48. The molecule has 1 saturated heterocycles. The first-order valence-electron chi connectivity index (χ1n) is 13.8. The monoisotopic (exact) mass is 608 g/mol. The highest BCUT2D eigenvalue weighted by Crippen LogP contribution is 2.31. The average Bonchev–Trinajstić information content (AvgIpc) is 3.62. The molecule has 0 spiro atoms. The first-order chi connectivity index (χ1) is 20.6. The minimum atomic E-state index is -4.74. The van der Waals surface area contributed by atoms with Crippen molar-refractivity contribution < 1.29 is 22.7 Å². The van der Waals surface area contributed by atoms with E-state index >= 15 is 0 Å². The summed E-state index contributed by atoms with van der Waals surface area (Å²) in [6, 6.07) is 19.1. The molecular formula is C31H31F3N6O2S. The maximum Gasteiger partial charge on any atom is 0.573 e. The molecule has 43 heavy (non-hydrogen) atoms. The average molecular weight is 609 g/mol. The van der Waals surface area contributed by atoms with Crippen LogP contribution in [0.1, 0.15) is 23.6 Å². The zero-order chi connectivity index (χ0) is 30.6. The number of aryl methyl sites for hydroxylation is 2. The smallest absolute Gasteiger partial charge is 0.406 e. The summed E-state index contributed by atoms with van der Waals surface area (Å²) in [6.45, 7) is 7.53. The number of hydrogen-bond donors (Lipinski definition) is 1. The number of nitrogens with one attached hydrogen (secondary N) is 1. The molecule has 1 aliphatic heterocycles. The Kier molecular flexibility index (Phi) is 9.05. The van der Waals surface area contributed by atoms with E-state index in [1.807, 2.05) is 30.3 Å². The second-order valence-electron chi connectivity index (χ2n) is 10.4. The van der Waals surface area contributed by atoms with Gasteiger partial charge in [-0.2, -0.15) is 4.99 Å². The number of para-hydroxylation sites is 1. The van der Waals surface area contributed by atoms with Crippen LogP contribution >= 0.6 is 11.8 Å². The quantitative estimate of drug-likeness (QED) is 0.233. The van der Waals surface area contributed by atoms with Crippen LogP contribution in [-0.2, 0) is 6.42 Å². The normalized spacial score (nSPS) is 15.1. The lowest BCUT2D eigenvalue weighted by atomic mass is 10.00. The molecule has 12 heteroatoms. The van der Waals surface area contributed by atoms with Crippen LogP contribution in [0.15, 0.2) is 78.0 Å². The molecule has 4 aromatic rings. The number of ether oxygens (including phenoxy) is 1. The zero-order valence-corrected chi connectivity index (χ0v) is 24.7. The van der Waals surface area contributed by atoms with E-state index in [4.69, 9.17) is 0 Å². The molecule has 2 amide bonds. The number of halogens is 3. The molecule has 0 radical (unpaired) electrons. The fraction of sp³-hybridized carbons (Fsp3) is 0.290. The third-order valence-electron chi connectivity index (χ3n) is 6.91. The van der Waals surface area contributed by atoms with E-state index in [9.17, 15) is 18.0 Å². The molecule has 3 aromatic carbocycles. The van der Waals surface area contributed by atoms with Gasteiger partial charge >= 0.3 is 12.4 Å². The number of amidine groups is 1. The lowest BCUT2D eigenvalue weighted by Crippen LogP contribution is -2.30. The molecule has 1 fully saturated rings. The van der Waals surface area contributed by atoms with Gasteiger partial charge in [-0.15, -0.1) is 18.3 Å². The number of carbonyl (C=O) groups excluding carboxylic acids is 1. The van der Waals surface area contributed by atoms with E-state index in [2.05, 4.69) is 62.9 Å². The Morgan fingerprint density at radius 2 is 1.77 bits per heavy atom. The predicted octanol–water partition coefficient (Wildman–Crippen LogP) is 6.95. The highest BCUT2D eigenvalue weighted by atomic mass is 32.2. The van der Waals surface area contributed by atoms with Crippen molar-refractivity contribution >= 4 is 28.6 Å². The molecular weight excluding hydrogens is 577 g/mol. The number of urea groups is 1. The molecule has 224 valence electrons. The number of anilines is 1. The van der Waals surface area contributed by atoms with Crippen LogP contribution in [-0.4, -0.2) is 51.2 Å². The van der Waals surface area contributed by atoms with Gasteiger partial charge in [0.15, 0.2) is 11.0 Å². The van der Waals surface area contributed by atoms with Crippen LogP contribution in [0.5, 0.6) is 5.75 Å². The van der Waals surface area contributed by atoms with Crippen molar-refractivity contribution in [2.24, 2.45) is 10.9 Å². The Hall–Kier alpha value is -4.32. The van der Waals surface area contributed by atoms with E-state index in [1.165, 1.54) is 35.3 Å². The topological polar surface area (TPSA) is 84.6 Å². The number of thioether (sulfide) groups is 1. The van der Waals surface area contributed by atoms with Gasteiger partial charge < -0.3 is 15.0 Å². The molecule has 1 N–H and O–H groups in total. The SMILES string of the molecule is Cc1cccc(C)c1N1CCSC1=NC(=O)NCC(C)Cc1ccc(-c2ncn(-c3ccc(OC(F)(F)F)cc3)n2)cc1. The first-order valence-corrected chi connectivity index (χ1v) is 14.7. The Labute approximate surface area is 252 Å². The fourth-order valence-corrected chi connectivity index (χ4v) is 5.85. The van der Waals surface area contributed by atoms with Gasteiger partial charge in [0.1, 0.15) is 12.1 Å². The number of aromatic nitrogens is 3. The van der Waals surface area contributed by atoms with Crippen molar-refractivity contribution in [1.29, 1.82) is 0 Å². The molecule has 0 saturated carbocycles. The Morgan fingerprint density at radius 1 is 1.07 bits per heavy atom. The van der Waals surface area contributed by atoms with Crippen LogP contribution in [0.4, 0.5) is 23.7 Å². The van der Waals surface area contributed by atoms with Gasteiger partial charge in [0, 0.05) is 30.1 Å². The molecule has 5 rings (SSSR count). The van der Waals surface area contributed by atoms with Crippen molar-refractivity contribution in [2.45, 2.75) is 33.6 Å².